The molecular formula is C21H23O5PS. The number of aromatic hydroxyl groups is 1. The topological polar surface area (TPSA) is 90.9 Å². The average molecular weight is 418 g/mol. The Morgan fingerprint density at radius 3 is 2.50 bits per heavy atom. The maximum absolute atomic E-state index is 11.5. The first-order valence-electron chi connectivity index (χ1n) is 8.90. The van der Waals surface area contributed by atoms with Crippen molar-refractivity contribution in [1.29, 1.82) is 0 Å². The van der Waals surface area contributed by atoms with E-state index in [4.69, 9.17) is 16.6 Å². The highest BCUT2D eigenvalue weighted by Crippen LogP contribution is 2.38. The van der Waals surface area contributed by atoms with Crippen LogP contribution in [0.4, 0.5) is 0 Å². The maximum atomic E-state index is 11.5. The van der Waals surface area contributed by atoms with Crippen LogP contribution in [0, 0.1) is 13.8 Å². The summed E-state index contributed by atoms with van der Waals surface area (Å²) in [5, 5.41) is 10.9. The van der Waals surface area contributed by atoms with E-state index in [1.807, 2.05) is 45.9 Å². The average Bonchev–Trinajstić information content (AvgIpc) is 3.03. The standard InChI is InChI=1S/C21H23O5PS/c1-11-7-20-18(10-21(26-20)27(23,24)25)13(3)16(11)8-15-5-6-19(22)17(9-15)12(2)14(4)28/h5-7,9-10,12,22H,8H2,1-4H3,(H2,23,24,25). The first-order chi connectivity index (χ1) is 13.0. The molecule has 0 saturated heterocycles. The zero-order valence-corrected chi connectivity index (χ0v) is 17.9. The van der Waals surface area contributed by atoms with Gasteiger partial charge in [0.15, 0.2) is 0 Å². The summed E-state index contributed by atoms with van der Waals surface area (Å²) in [5.74, 6) is 0.199. The molecule has 5 nitrogen and oxygen atoms in total. The van der Waals surface area contributed by atoms with E-state index in [1.54, 1.807) is 6.07 Å². The molecule has 0 aliphatic heterocycles. The van der Waals surface area contributed by atoms with Crippen LogP contribution in [0.2, 0.25) is 0 Å². The highest BCUT2D eigenvalue weighted by atomic mass is 32.1. The van der Waals surface area contributed by atoms with E-state index in [0.717, 1.165) is 32.7 Å². The van der Waals surface area contributed by atoms with Crippen molar-refractivity contribution >= 4 is 41.1 Å². The second-order valence-corrected chi connectivity index (χ2v) is 9.41. The highest BCUT2D eigenvalue weighted by molar-refractivity contribution is 7.80. The number of rotatable bonds is 5. The summed E-state index contributed by atoms with van der Waals surface area (Å²) in [6, 6.07) is 8.77. The minimum Gasteiger partial charge on any atom is -0.508 e. The van der Waals surface area contributed by atoms with Crippen molar-refractivity contribution in [1.82, 2.24) is 0 Å². The molecule has 0 spiro atoms. The zero-order chi connectivity index (χ0) is 20.8. The molecule has 0 aliphatic rings. The fourth-order valence-electron chi connectivity index (χ4n) is 3.43. The lowest BCUT2D eigenvalue weighted by Crippen LogP contribution is -2.04. The third-order valence-electron chi connectivity index (χ3n) is 5.26. The Bertz CT molecular complexity index is 1130. The number of hydrogen-bond acceptors (Lipinski definition) is 4. The van der Waals surface area contributed by atoms with Gasteiger partial charge in [-0.05, 0) is 66.4 Å². The monoisotopic (exact) mass is 418 g/mol. The van der Waals surface area contributed by atoms with E-state index in [2.05, 4.69) is 0 Å². The molecule has 3 aromatic rings. The number of aryl methyl sites for hydroxylation is 2. The smallest absolute Gasteiger partial charge is 0.391 e. The van der Waals surface area contributed by atoms with Crippen LogP contribution in [0.3, 0.4) is 0 Å². The van der Waals surface area contributed by atoms with Crippen LogP contribution in [0.25, 0.3) is 11.0 Å². The van der Waals surface area contributed by atoms with Gasteiger partial charge in [0.2, 0.25) is 5.50 Å². The number of phenols is 1. The van der Waals surface area contributed by atoms with Gasteiger partial charge in [-0.1, -0.05) is 31.3 Å². The van der Waals surface area contributed by atoms with Crippen molar-refractivity contribution < 1.29 is 23.9 Å². The van der Waals surface area contributed by atoms with Crippen LogP contribution in [-0.4, -0.2) is 19.8 Å². The Hall–Kier alpha value is -1.98. The molecule has 0 radical (unpaired) electrons. The SMILES string of the molecule is CC(=S)C(C)c1cc(Cc2c(C)cc3oc(P(=O)(O)O)cc3c2C)ccc1O. The van der Waals surface area contributed by atoms with Crippen LogP contribution in [0.5, 0.6) is 5.75 Å². The first-order valence-corrected chi connectivity index (χ1v) is 10.9. The Labute approximate surface area is 169 Å². The summed E-state index contributed by atoms with van der Waals surface area (Å²) in [7, 11) is -4.45. The minimum atomic E-state index is -4.45. The van der Waals surface area contributed by atoms with Gasteiger partial charge in [-0.2, -0.15) is 0 Å². The molecule has 0 saturated carbocycles. The van der Waals surface area contributed by atoms with Gasteiger partial charge in [0, 0.05) is 22.9 Å². The number of fused-ring (bicyclic) bond motifs is 1. The molecule has 3 rings (SSSR count). The Balaban J connectivity index is 2.06. The number of hydrogen-bond donors (Lipinski definition) is 3. The lowest BCUT2D eigenvalue weighted by molar-refractivity contribution is 0.378. The zero-order valence-electron chi connectivity index (χ0n) is 16.2. The highest BCUT2D eigenvalue weighted by Gasteiger charge is 2.24. The maximum Gasteiger partial charge on any atom is 0.391 e. The fourth-order valence-corrected chi connectivity index (χ4v) is 4.07. The number of thiocarbonyl (C=S) groups is 1. The lowest BCUT2D eigenvalue weighted by Gasteiger charge is -2.16. The molecule has 0 bridgehead atoms. The summed E-state index contributed by atoms with van der Waals surface area (Å²) in [4.78, 5) is 19.6. The molecule has 0 amide bonds. The van der Waals surface area contributed by atoms with Crippen molar-refractivity contribution in [2.45, 2.75) is 40.0 Å². The van der Waals surface area contributed by atoms with Crippen molar-refractivity contribution in [2.75, 3.05) is 0 Å². The van der Waals surface area contributed by atoms with E-state index < -0.39 is 7.60 Å². The van der Waals surface area contributed by atoms with E-state index in [1.165, 1.54) is 6.07 Å². The Morgan fingerprint density at radius 2 is 1.89 bits per heavy atom. The van der Waals surface area contributed by atoms with E-state index in [9.17, 15) is 19.5 Å². The van der Waals surface area contributed by atoms with Crippen molar-refractivity contribution in [3.05, 3.63) is 58.1 Å². The van der Waals surface area contributed by atoms with E-state index in [-0.39, 0.29) is 17.2 Å². The fraction of sp³-hybridized carbons (Fsp3) is 0.286. The molecule has 1 atom stereocenters. The molecule has 28 heavy (non-hydrogen) atoms. The third-order valence-corrected chi connectivity index (χ3v) is 6.41. The molecular weight excluding hydrogens is 395 g/mol. The molecule has 148 valence electrons. The van der Waals surface area contributed by atoms with Gasteiger partial charge in [-0.3, -0.25) is 4.57 Å². The summed E-state index contributed by atoms with van der Waals surface area (Å²) in [6.07, 6.45) is 0.626. The van der Waals surface area contributed by atoms with Gasteiger partial charge in [0.25, 0.3) is 0 Å². The predicted molar refractivity (Wildman–Crippen MR) is 115 cm³/mol. The molecule has 1 heterocycles. The largest absolute Gasteiger partial charge is 0.508 e. The number of furan rings is 1. The number of phenolic OH excluding ortho intramolecular Hbond substituents is 1. The Kier molecular flexibility index (Phi) is 5.52. The summed E-state index contributed by atoms with van der Waals surface area (Å²) >= 11 is 5.27. The molecule has 1 unspecified atom stereocenters. The Morgan fingerprint density at radius 1 is 1.21 bits per heavy atom. The quantitative estimate of drug-likeness (QED) is 0.413. The molecule has 1 aromatic heterocycles. The second kappa shape index (κ2) is 7.45. The molecule has 0 fully saturated rings. The molecule has 2 aromatic carbocycles. The van der Waals surface area contributed by atoms with Gasteiger partial charge in [0.05, 0.1) is 0 Å². The second-order valence-electron chi connectivity index (χ2n) is 7.24. The number of benzene rings is 2. The molecule has 0 aliphatic carbocycles. The van der Waals surface area contributed by atoms with Gasteiger partial charge in [-0.15, -0.1) is 0 Å². The first kappa shape index (κ1) is 20.7. The van der Waals surface area contributed by atoms with Crippen LogP contribution in [0.1, 0.15) is 47.6 Å². The van der Waals surface area contributed by atoms with Crippen LogP contribution >= 0.6 is 19.8 Å². The minimum absolute atomic E-state index is 0.0284. The van der Waals surface area contributed by atoms with Crippen LogP contribution < -0.4 is 5.50 Å². The van der Waals surface area contributed by atoms with Crippen molar-refractivity contribution in [2.24, 2.45) is 0 Å². The molecule has 7 heteroatoms. The van der Waals surface area contributed by atoms with Gasteiger partial charge >= 0.3 is 7.60 Å². The summed E-state index contributed by atoms with van der Waals surface area (Å²) < 4.78 is 16.9. The van der Waals surface area contributed by atoms with E-state index >= 15 is 0 Å². The van der Waals surface area contributed by atoms with Gasteiger partial charge in [-0.25, -0.2) is 0 Å². The van der Waals surface area contributed by atoms with Crippen molar-refractivity contribution in [3.63, 3.8) is 0 Å². The van der Waals surface area contributed by atoms with Crippen LogP contribution in [-0.2, 0) is 11.0 Å². The van der Waals surface area contributed by atoms with Crippen LogP contribution in [0.15, 0.2) is 34.7 Å². The summed E-state index contributed by atoms with van der Waals surface area (Å²) in [5.41, 5.74) is 4.94. The normalized spacial score (nSPS) is 13.1. The van der Waals surface area contributed by atoms with Gasteiger partial charge < -0.3 is 19.3 Å². The third kappa shape index (κ3) is 3.91. The van der Waals surface area contributed by atoms with Crippen molar-refractivity contribution in [3.8, 4) is 5.75 Å². The lowest BCUT2D eigenvalue weighted by atomic mass is 9.90. The summed E-state index contributed by atoms with van der Waals surface area (Å²) in [6.45, 7) is 7.71. The molecule has 3 N–H and O–H groups in total. The van der Waals surface area contributed by atoms with E-state index in [0.29, 0.717) is 17.4 Å². The predicted octanol–water partition coefficient (Wildman–Crippen LogP) is 4.64. The van der Waals surface area contributed by atoms with Gasteiger partial charge in [0.1, 0.15) is 11.3 Å².